The fourth-order valence-corrected chi connectivity index (χ4v) is 3.02. The Kier molecular flexibility index (Phi) is 5.30. The first-order valence-corrected chi connectivity index (χ1v) is 8.16. The van der Waals surface area contributed by atoms with Crippen molar-refractivity contribution in [1.82, 2.24) is 5.32 Å². The number of nitrogens with one attached hydrogen (secondary N) is 1. The molecule has 2 aliphatic heterocycles. The van der Waals surface area contributed by atoms with Gasteiger partial charge in [-0.3, -0.25) is 0 Å². The minimum atomic E-state index is 0.475. The van der Waals surface area contributed by atoms with Gasteiger partial charge in [-0.1, -0.05) is 18.2 Å². The van der Waals surface area contributed by atoms with E-state index in [9.17, 15) is 0 Å². The molecule has 0 aromatic heterocycles. The summed E-state index contributed by atoms with van der Waals surface area (Å²) in [5.41, 5.74) is 2.77. The first-order chi connectivity index (χ1) is 10.4. The second-order valence-corrected chi connectivity index (χ2v) is 5.83. The Bertz CT molecular complexity index is 461. The van der Waals surface area contributed by atoms with Crippen LogP contribution in [0.25, 0.3) is 5.57 Å². The third-order valence-electron chi connectivity index (χ3n) is 4.25. The van der Waals surface area contributed by atoms with Gasteiger partial charge in [-0.05, 0) is 61.9 Å². The number of hydrogen-bond acceptors (Lipinski definition) is 3. The van der Waals surface area contributed by atoms with Crippen molar-refractivity contribution in [2.75, 3.05) is 26.3 Å². The van der Waals surface area contributed by atoms with Crippen molar-refractivity contribution in [3.63, 3.8) is 0 Å². The molecule has 114 valence electrons. The Hall–Kier alpha value is -1.32. The van der Waals surface area contributed by atoms with Crippen molar-refractivity contribution in [3.05, 3.63) is 35.9 Å². The summed E-state index contributed by atoms with van der Waals surface area (Å²) in [6, 6.07) is 8.52. The fraction of sp³-hybridized carbons (Fsp3) is 0.556. The summed E-state index contributed by atoms with van der Waals surface area (Å²) in [7, 11) is 0. The lowest BCUT2D eigenvalue weighted by molar-refractivity contribution is 0.0981. The molecule has 1 unspecified atom stereocenters. The molecule has 1 fully saturated rings. The summed E-state index contributed by atoms with van der Waals surface area (Å²) >= 11 is 0. The first-order valence-electron chi connectivity index (χ1n) is 8.16. The monoisotopic (exact) mass is 287 g/mol. The van der Waals surface area contributed by atoms with Gasteiger partial charge in [-0.15, -0.1) is 0 Å². The van der Waals surface area contributed by atoms with Crippen LogP contribution in [0.4, 0.5) is 0 Å². The van der Waals surface area contributed by atoms with Crippen LogP contribution in [-0.2, 0) is 4.74 Å². The fourth-order valence-electron chi connectivity index (χ4n) is 3.02. The van der Waals surface area contributed by atoms with Crippen LogP contribution in [0, 0.1) is 0 Å². The molecule has 1 atom stereocenters. The van der Waals surface area contributed by atoms with E-state index in [1.807, 2.05) is 0 Å². The molecule has 0 aliphatic carbocycles. The van der Waals surface area contributed by atoms with Crippen LogP contribution in [0.1, 0.15) is 37.7 Å². The van der Waals surface area contributed by atoms with E-state index in [2.05, 4.69) is 35.7 Å². The molecule has 1 saturated heterocycles. The van der Waals surface area contributed by atoms with Gasteiger partial charge in [0.15, 0.2) is 0 Å². The van der Waals surface area contributed by atoms with Crippen LogP contribution in [0.15, 0.2) is 30.3 Å². The highest BCUT2D eigenvalue weighted by atomic mass is 16.5. The van der Waals surface area contributed by atoms with Gasteiger partial charge in [0, 0.05) is 13.2 Å². The van der Waals surface area contributed by atoms with Gasteiger partial charge >= 0.3 is 0 Å². The maximum Gasteiger partial charge on any atom is 0.119 e. The van der Waals surface area contributed by atoms with Crippen LogP contribution in [-0.4, -0.2) is 32.4 Å². The molecule has 1 aromatic rings. The Morgan fingerprint density at radius 1 is 1.24 bits per heavy atom. The molecule has 3 nitrogen and oxygen atoms in total. The van der Waals surface area contributed by atoms with Gasteiger partial charge in [0.05, 0.1) is 12.7 Å². The highest BCUT2D eigenvalue weighted by Crippen LogP contribution is 2.23. The molecule has 0 bridgehead atoms. The van der Waals surface area contributed by atoms with E-state index >= 15 is 0 Å². The molecule has 2 aliphatic rings. The third-order valence-corrected chi connectivity index (χ3v) is 4.25. The molecule has 1 N–H and O–H groups in total. The smallest absolute Gasteiger partial charge is 0.119 e. The summed E-state index contributed by atoms with van der Waals surface area (Å²) in [6.07, 6.45) is 8.50. The number of rotatable bonds is 6. The van der Waals surface area contributed by atoms with E-state index in [0.29, 0.717) is 6.10 Å². The van der Waals surface area contributed by atoms with Crippen LogP contribution < -0.4 is 10.1 Å². The highest BCUT2D eigenvalue weighted by molar-refractivity contribution is 5.67. The third kappa shape index (κ3) is 4.32. The van der Waals surface area contributed by atoms with Gasteiger partial charge in [0.25, 0.3) is 0 Å². The van der Waals surface area contributed by atoms with Crippen LogP contribution in [0.3, 0.4) is 0 Å². The predicted molar refractivity (Wildman–Crippen MR) is 85.6 cm³/mol. The summed E-state index contributed by atoms with van der Waals surface area (Å²) in [5.74, 6) is 0.973. The summed E-state index contributed by atoms with van der Waals surface area (Å²) in [4.78, 5) is 0. The lowest BCUT2D eigenvalue weighted by Crippen LogP contribution is -2.19. The SMILES string of the molecule is C1=C(c2ccc(OCCCC3CCCO3)cc2)CCNC1. The van der Waals surface area contributed by atoms with Crippen LogP contribution in [0.5, 0.6) is 5.75 Å². The van der Waals surface area contributed by atoms with Gasteiger partial charge in [-0.25, -0.2) is 0 Å². The van der Waals surface area contributed by atoms with Crippen molar-refractivity contribution in [2.45, 2.75) is 38.2 Å². The first kappa shape index (κ1) is 14.6. The van der Waals surface area contributed by atoms with E-state index in [1.54, 1.807) is 0 Å². The highest BCUT2D eigenvalue weighted by Gasteiger charge is 2.14. The lowest BCUT2D eigenvalue weighted by Gasteiger charge is -2.15. The zero-order valence-corrected chi connectivity index (χ0v) is 12.6. The summed E-state index contributed by atoms with van der Waals surface area (Å²) in [6.45, 7) is 3.79. The lowest BCUT2D eigenvalue weighted by atomic mass is 10.0. The van der Waals surface area contributed by atoms with Crippen molar-refractivity contribution in [1.29, 1.82) is 0 Å². The number of benzene rings is 1. The molecular formula is C18H25NO2. The summed E-state index contributed by atoms with van der Waals surface area (Å²) in [5, 5.41) is 3.34. The number of hydrogen-bond donors (Lipinski definition) is 1. The minimum Gasteiger partial charge on any atom is -0.494 e. The Balaban J connectivity index is 1.42. The van der Waals surface area contributed by atoms with Gasteiger partial charge in [0.1, 0.15) is 5.75 Å². The van der Waals surface area contributed by atoms with E-state index in [1.165, 1.54) is 24.0 Å². The minimum absolute atomic E-state index is 0.475. The van der Waals surface area contributed by atoms with E-state index in [-0.39, 0.29) is 0 Å². The van der Waals surface area contributed by atoms with Crippen molar-refractivity contribution >= 4 is 5.57 Å². The molecule has 1 aromatic carbocycles. The van der Waals surface area contributed by atoms with Crippen molar-refractivity contribution in [3.8, 4) is 5.75 Å². The number of ether oxygens (including phenoxy) is 2. The molecular weight excluding hydrogens is 262 g/mol. The van der Waals surface area contributed by atoms with Gasteiger partial charge in [-0.2, -0.15) is 0 Å². The Morgan fingerprint density at radius 3 is 2.86 bits per heavy atom. The standard InChI is InChI=1S/C18H25NO2/c1-3-17(20-13-1)4-2-14-21-18-7-5-15(6-8-18)16-9-11-19-12-10-16/h5-9,17,19H,1-4,10-14H2. The van der Waals surface area contributed by atoms with Crippen molar-refractivity contribution < 1.29 is 9.47 Å². The molecule has 3 rings (SSSR count). The average molecular weight is 287 g/mol. The van der Waals surface area contributed by atoms with Crippen LogP contribution in [0.2, 0.25) is 0 Å². The second-order valence-electron chi connectivity index (χ2n) is 5.83. The predicted octanol–water partition coefficient (Wildman–Crippen LogP) is 3.40. The molecule has 2 heterocycles. The maximum absolute atomic E-state index is 5.82. The second kappa shape index (κ2) is 7.62. The van der Waals surface area contributed by atoms with E-state index < -0.39 is 0 Å². The zero-order chi connectivity index (χ0) is 14.3. The molecule has 0 amide bonds. The van der Waals surface area contributed by atoms with Gasteiger partial charge < -0.3 is 14.8 Å². The Labute approximate surface area is 127 Å². The summed E-state index contributed by atoms with van der Waals surface area (Å²) < 4.78 is 11.4. The van der Waals surface area contributed by atoms with Gasteiger partial charge in [0.2, 0.25) is 0 Å². The van der Waals surface area contributed by atoms with E-state index in [4.69, 9.17) is 9.47 Å². The van der Waals surface area contributed by atoms with E-state index in [0.717, 1.165) is 51.3 Å². The quantitative estimate of drug-likeness (QED) is 0.813. The zero-order valence-electron chi connectivity index (χ0n) is 12.6. The Morgan fingerprint density at radius 2 is 2.14 bits per heavy atom. The topological polar surface area (TPSA) is 30.5 Å². The largest absolute Gasteiger partial charge is 0.494 e. The molecule has 3 heteroatoms. The normalized spacial score (nSPS) is 22.1. The molecule has 21 heavy (non-hydrogen) atoms. The molecule has 0 saturated carbocycles. The average Bonchev–Trinajstić information content (AvgIpc) is 3.06. The molecule has 0 spiro atoms. The molecule has 0 radical (unpaired) electrons. The van der Waals surface area contributed by atoms with Crippen LogP contribution >= 0.6 is 0 Å². The maximum atomic E-state index is 5.82. The van der Waals surface area contributed by atoms with Crippen molar-refractivity contribution in [2.24, 2.45) is 0 Å².